The van der Waals surface area contributed by atoms with Gasteiger partial charge >= 0.3 is 51.4 Å². The molecule has 1 heterocycles. The minimum absolute atomic E-state index is 0. The molecule has 1 atom stereocenters. The third kappa shape index (κ3) is 8.77. The van der Waals surface area contributed by atoms with Crippen molar-refractivity contribution in [1.29, 1.82) is 0 Å². The summed E-state index contributed by atoms with van der Waals surface area (Å²) in [5.74, 6) is -0.190. The molecule has 1 unspecified atom stereocenters. The standard InChI is InChI=1S/C22H25N5OS.K/c1-5-19(14-23-3)26-10-9-25-16(2)17-7-6-8-20(11-17)27-22(28)18-12-21(29-4)15-24-13-18;/h5-8,10-16,23,25H,1H2,2-4H3,(H,27,28);/q-2;+1. The van der Waals surface area contributed by atoms with E-state index in [0.29, 0.717) is 11.3 Å². The first-order valence-corrected chi connectivity index (χ1v) is 10.2. The fraction of sp³-hybridized carbons (Fsp3) is 0.182. The van der Waals surface area contributed by atoms with Crippen molar-refractivity contribution in [2.24, 2.45) is 4.99 Å². The van der Waals surface area contributed by atoms with E-state index in [9.17, 15) is 4.79 Å². The summed E-state index contributed by atoms with van der Waals surface area (Å²) in [4.78, 5) is 21.8. The van der Waals surface area contributed by atoms with E-state index in [1.54, 1.807) is 50.0 Å². The first-order chi connectivity index (χ1) is 14.1. The van der Waals surface area contributed by atoms with Gasteiger partial charge in [0, 0.05) is 29.0 Å². The van der Waals surface area contributed by atoms with E-state index in [-0.39, 0.29) is 63.3 Å². The minimum atomic E-state index is -0.190. The Morgan fingerprint density at radius 3 is 2.87 bits per heavy atom. The van der Waals surface area contributed by atoms with Crippen LogP contribution in [-0.4, -0.2) is 29.9 Å². The molecule has 0 aliphatic carbocycles. The maximum absolute atomic E-state index is 12.5. The number of carbonyl (C=O) groups is 1. The van der Waals surface area contributed by atoms with Crippen LogP contribution in [0.1, 0.15) is 28.9 Å². The second-order valence-corrected chi connectivity index (χ2v) is 6.90. The fourth-order valence-corrected chi connectivity index (χ4v) is 2.80. The number of hydrogen-bond acceptors (Lipinski definition) is 6. The second-order valence-electron chi connectivity index (χ2n) is 6.02. The molecule has 0 radical (unpaired) electrons. The second kappa shape index (κ2) is 14.6. The van der Waals surface area contributed by atoms with Crippen molar-refractivity contribution in [3.63, 3.8) is 0 Å². The first-order valence-electron chi connectivity index (χ1n) is 9.01. The van der Waals surface area contributed by atoms with Crippen molar-refractivity contribution < 1.29 is 56.2 Å². The molecule has 152 valence electrons. The van der Waals surface area contributed by atoms with Crippen molar-refractivity contribution >= 4 is 29.1 Å². The summed E-state index contributed by atoms with van der Waals surface area (Å²) in [7, 11) is 1.80. The number of aliphatic imine (C=N–C) groups is 1. The van der Waals surface area contributed by atoms with E-state index in [4.69, 9.17) is 0 Å². The Labute approximate surface area is 225 Å². The molecule has 0 spiro atoms. The van der Waals surface area contributed by atoms with Gasteiger partial charge in [0.25, 0.3) is 5.91 Å². The maximum Gasteiger partial charge on any atom is 1.00 e. The molecule has 1 aromatic heterocycles. The van der Waals surface area contributed by atoms with Gasteiger partial charge in [0.1, 0.15) is 0 Å². The molecular weight excluding hydrogens is 421 g/mol. The molecule has 2 aromatic rings. The Hall–Kier alpha value is -1.39. The number of anilines is 1. The third-order valence-corrected chi connectivity index (χ3v) is 4.63. The van der Waals surface area contributed by atoms with Crippen LogP contribution < -0.4 is 67.3 Å². The number of amides is 1. The quantitative estimate of drug-likeness (QED) is 0.167. The summed E-state index contributed by atoms with van der Waals surface area (Å²) in [6.45, 7) is 7.44. The number of rotatable bonds is 10. The zero-order valence-electron chi connectivity index (χ0n) is 17.8. The largest absolute Gasteiger partial charge is 1.00 e. The van der Waals surface area contributed by atoms with Gasteiger partial charge in [-0.15, -0.1) is 24.5 Å². The zero-order chi connectivity index (χ0) is 21.1. The van der Waals surface area contributed by atoms with Crippen molar-refractivity contribution in [3.05, 3.63) is 85.5 Å². The van der Waals surface area contributed by atoms with Crippen LogP contribution in [0.15, 0.2) is 71.5 Å². The van der Waals surface area contributed by atoms with Crippen LogP contribution in [0.2, 0.25) is 0 Å². The van der Waals surface area contributed by atoms with Crippen LogP contribution in [-0.2, 0) is 0 Å². The average molecular weight is 447 g/mol. The molecule has 2 rings (SSSR count). The predicted octanol–water partition coefficient (Wildman–Crippen LogP) is 0.993. The molecule has 8 heteroatoms. The zero-order valence-corrected chi connectivity index (χ0v) is 21.7. The number of aromatic nitrogens is 1. The number of pyridine rings is 1. The summed E-state index contributed by atoms with van der Waals surface area (Å²) >= 11 is 1.55. The van der Waals surface area contributed by atoms with E-state index in [1.807, 2.05) is 43.5 Å². The molecule has 0 fully saturated rings. The van der Waals surface area contributed by atoms with Crippen LogP contribution in [0.5, 0.6) is 0 Å². The van der Waals surface area contributed by atoms with Crippen LogP contribution >= 0.6 is 11.8 Å². The normalized spacial score (nSPS) is 12.0. The molecule has 0 saturated heterocycles. The Bertz CT molecular complexity index is 901. The summed E-state index contributed by atoms with van der Waals surface area (Å²) in [5.41, 5.74) is 2.96. The van der Waals surface area contributed by atoms with Gasteiger partial charge in [-0.3, -0.25) is 9.78 Å². The smallest absolute Gasteiger partial charge is 0.560 e. The van der Waals surface area contributed by atoms with Gasteiger partial charge in [-0.2, -0.15) is 12.7 Å². The van der Waals surface area contributed by atoms with Crippen molar-refractivity contribution in [2.45, 2.75) is 17.9 Å². The Kier molecular flexibility index (Phi) is 13.0. The molecule has 6 nitrogen and oxygen atoms in total. The Balaban J connectivity index is 0.00000450. The molecule has 0 bridgehead atoms. The molecule has 1 aromatic carbocycles. The minimum Gasteiger partial charge on any atom is -0.560 e. The van der Waals surface area contributed by atoms with Crippen molar-refractivity contribution in [2.75, 3.05) is 18.6 Å². The van der Waals surface area contributed by atoms with Crippen LogP contribution in [0.25, 0.3) is 0 Å². The van der Waals surface area contributed by atoms with Gasteiger partial charge in [0.15, 0.2) is 0 Å². The summed E-state index contributed by atoms with van der Waals surface area (Å²) in [5, 5.41) is 8.96. The number of benzene rings is 1. The van der Waals surface area contributed by atoms with Gasteiger partial charge in [-0.25, -0.2) is 0 Å². The Morgan fingerprint density at radius 2 is 2.17 bits per heavy atom. The van der Waals surface area contributed by atoms with Gasteiger partial charge < -0.3 is 27.1 Å². The van der Waals surface area contributed by atoms with Gasteiger partial charge in [0.2, 0.25) is 0 Å². The summed E-state index contributed by atoms with van der Waals surface area (Å²) in [6, 6.07) is 9.48. The molecule has 0 aliphatic heterocycles. The molecule has 1 amide bonds. The number of carbonyl (C=O) groups excluding carboxylic acids is 1. The van der Waals surface area contributed by atoms with E-state index >= 15 is 0 Å². The Morgan fingerprint density at radius 1 is 1.37 bits per heavy atom. The first kappa shape index (κ1) is 26.6. The van der Waals surface area contributed by atoms with Gasteiger partial charge in [-0.1, -0.05) is 17.8 Å². The monoisotopic (exact) mass is 446 g/mol. The van der Waals surface area contributed by atoms with Gasteiger partial charge in [0.05, 0.1) is 5.56 Å². The number of hydrogen-bond donors (Lipinski definition) is 3. The molecule has 0 aliphatic rings. The van der Waals surface area contributed by atoms with E-state index in [0.717, 1.165) is 16.1 Å². The maximum atomic E-state index is 12.5. The van der Waals surface area contributed by atoms with Crippen LogP contribution in [0, 0.1) is 12.7 Å². The molecule has 3 N–H and O–H groups in total. The number of thioether (sulfide) groups is 1. The van der Waals surface area contributed by atoms with E-state index in [2.05, 4.69) is 38.7 Å². The summed E-state index contributed by atoms with van der Waals surface area (Å²) < 4.78 is 0. The van der Waals surface area contributed by atoms with Crippen molar-refractivity contribution in [1.82, 2.24) is 15.6 Å². The van der Waals surface area contributed by atoms with E-state index < -0.39 is 0 Å². The third-order valence-electron chi connectivity index (χ3n) is 3.93. The molecule has 30 heavy (non-hydrogen) atoms. The molecular formula is C22H25KN5OS-. The average Bonchev–Trinajstić information content (AvgIpc) is 2.75. The topological polar surface area (TPSA) is 78.4 Å². The predicted molar refractivity (Wildman–Crippen MR) is 121 cm³/mol. The molecule has 0 saturated carbocycles. The van der Waals surface area contributed by atoms with Crippen LogP contribution in [0.4, 0.5) is 5.69 Å². The number of nitrogens with zero attached hydrogens (tertiary/aromatic N) is 2. The SMILES string of the molecule is C=CC([CH-]NC)=NC=[C-]NC(C)c1cccc(NC(=O)c2cncc(SC)c2)c1.[K+]. The fourth-order valence-electron chi connectivity index (χ4n) is 2.39. The van der Waals surface area contributed by atoms with Crippen LogP contribution in [0.3, 0.4) is 0 Å². The number of nitrogens with one attached hydrogen (secondary N) is 3. The van der Waals surface area contributed by atoms with E-state index in [1.165, 1.54) is 0 Å². The summed E-state index contributed by atoms with van der Waals surface area (Å²) in [6.07, 6.45) is 11.4. The van der Waals surface area contributed by atoms with Crippen molar-refractivity contribution in [3.8, 4) is 0 Å². The van der Waals surface area contributed by atoms with Gasteiger partial charge in [-0.05, 0) is 44.0 Å².